The van der Waals surface area contributed by atoms with Crippen molar-refractivity contribution in [1.82, 2.24) is 0 Å². The summed E-state index contributed by atoms with van der Waals surface area (Å²) in [5, 5.41) is 0. The van der Waals surface area contributed by atoms with Crippen LogP contribution in [-0.4, -0.2) is 84.3 Å². The average molecular weight is 759 g/mol. The SMILES string of the molecule is C.C.C.C.CC1c2cc(OCOC3CCC(OCOCC4(C)COC4)CC3)ccc2-c2ccc(OC(=O)C3CCC(OCOCC4(C)COC4)CC3)cc21. The molecule has 10 nitrogen and oxygen atoms in total. The van der Waals surface area contributed by atoms with Gasteiger partial charge >= 0.3 is 5.97 Å². The molecule has 0 amide bonds. The van der Waals surface area contributed by atoms with Gasteiger partial charge in [0.25, 0.3) is 0 Å². The van der Waals surface area contributed by atoms with Crippen LogP contribution in [0.2, 0.25) is 0 Å². The normalized spacial score (nSPS) is 25.7. The first-order chi connectivity index (χ1) is 24.3. The van der Waals surface area contributed by atoms with Crippen LogP contribution in [0.5, 0.6) is 11.5 Å². The summed E-state index contributed by atoms with van der Waals surface area (Å²) in [6, 6.07) is 12.2. The zero-order valence-electron chi connectivity index (χ0n) is 30.0. The molecule has 306 valence electrons. The number of fused-ring (bicyclic) bond motifs is 3. The Labute approximate surface area is 325 Å². The molecule has 0 aromatic heterocycles. The molecular formula is C44H70O10. The Bertz CT molecular complexity index is 1440. The van der Waals surface area contributed by atoms with Crippen LogP contribution < -0.4 is 9.47 Å². The summed E-state index contributed by atoms with van der Waals surface area (Å²) in [7, 11) is 0. The number of hydrogen-bond acceptors (Lipinski definition) is 10. The molecule has 0 radical (unpaired) electrons. The second-order valence-corrected chi connectivity index (χ2v) is 15.8. The van der Waals surface area contributed by atoms with Crippen molar-refractivity contribution in [3.05, 3.63) is 47.5 Å². The topological polar surface area (TPSA) is 100 Å². The third-order valence-corrected chi connectivity index (χ3v) is 11.1. The minimum Gasteiger partial charge on any atom is -0.468 e. The number of rotatable bonds is 16. The van der Waals surface area contributed by atoms with E-state index >= 15 is 0 Å². The number of ether oxygens (including phenoxy) is 9. The van der Waals surface area contributed by atoms with Crippen molar-refractivity contribution in [2.75, 3.05) is 60.0 Å². The Morgan fingerprint density at radius 2 is 1.06 bits per heavy atom. The molecule has 5 aliphatic rings. The van der Waals surface area contributed by atoms with Gasteiger partial charge in [-0.3, -0.25) is 4.79 Å². The highest BCUT2D eigenvalue weighted by Crippen LogP contribution is 2.47. The van der Waals surface area contributed by atoms with E-state index in [1.54, 1.807) is 0 Å². The van der Waals surface area contributed by atoms with Gasteiger partial charge in [-0.1, -0.05) is 62.6 Å². The molecule has 2 aromatic rings. The van der Waals surface area contributed by atoms with Crippen molar-refractivity contribution in [2.45, 2.75) is 126 Å². The summed E-state index contributed by atoms with van der Waals surface area (Å²) < 4.78 is 52.0. The molecular weight excluding hydrogens is 688 g/mol. The van der Waals surface area contributed by atoms with E-state index in [1.807, 2.05) is 18.2 Å². The molecule has 7 rings (SSSR count). The maximum Gasteiger partial charge on any atom is 0.314 e. The van der Waals surface area contributed by atoms with Gasteiger partial charge in [-0.25, -0.2) is 0 Å². The zero-order chi connectivity index (χ0) is 34.6. The molecule has 2 aliphatic heterocycles. The number of benzene rings is 2. The van der Waals surface area contributed by atoms with Crippen LogP contribution >= 0.6 is 0 Å². The third-order valence-electron chi connectivity index (χ3n) is 11.1. The van der Waals surface area contributed by atoms with Gasteiger partial charge in [0, 0.05) is 16.7 Å². The van der Waals surface area contributed by atoms with Gasteiger partial charge in [0.15, 0.2) is 6.79 Å². The highest BCUT2D eigenvalue weighted by molar-refractivity contribution is 5.81. The molecule has 1 atom stereocenters. The molecule has 10 heteroatoms. The van der Waals surface area contributed by atoms with Gasteiger partial charge in [0.1, 0.15) is 25.1 Å². The summed E-state index contributed by atoms with van der Waals surface area (Å²) in [6.07, 6.45) is 7.52. The molecule has 0 N–H and O–H groups in total. The molecule has 1 unspecified atom stereocenters. The second kappa shape index (κ2) is 20.6. The fourth-order valence-corrected chi connectivity index (χ4v) is 7.77. The Kier molecular flexibility index (Phi) is 17.4. The Balaban J connectivity index is 0.00000196. The molecule has 0 bridgehead atoms. The van der Waals surface area contributed by atoms with Crippen molar-refractivity contribution >= 4 is 5.97 Å². The second-order valence-electron chi connectivity index (χ2n) is 15.8. The van der Waals surface area contributed by atoms with E-state index in [4.69, 9.17) is 42.6 Å². The van der Waals surface area contributed by atoms with Gasteiger partial charge in [-0.15, -0.1) is 0 Å². The van der Waals surface area contributed by atoms with Crippen LogP contribution in [0.3, 0.4) is 0 Å². The van der Waals surface area contributed by atoms with Crippen LogP contribution in [0.4, 0.5) is 0 Å². The molecule has 2 saturated carbocycles. The lowest BCUT2D eigenvalue weighted by molar-refractivity contribution is -0.176. The minimum absolute atomic E-state index is 0. The third kappa shape index (κ3) is 11.3. The fraction of sp³-hybridized carbons (Fsp3) is 0.705. The lowest BCUT2D eigenvalue weighted by Gasteiger charge is -2.37. The summed E-state index contributed by atoms with van der Waals surface area (Å²) in [6.45, 7) is 11.7. The largest absolute Gasteiger partial charge is 0.468 e. The van der Waals surface area contributed by atoms with E-state index in [0.29, 0.717) is 25.8 Å². The molecule has 2 heterocycles. The number of hydrogen-bond donors (Lipinski definition) is 0. The van der Waals surface area contributed by atoms with Crippen LogP contribution in [0.15, 0.2) is 36.4 Å². The molecule has 2 saturated heterocycles. The van der Waals surface area contributed by atoms with Gasteiger partial charge < -0.3 is 42.6 Å². The van der Waals surface area contributed by atoms with Crippen LogP contribution in [0.1, 0.15) is 119 Å². The first-order valence-electron chi connectivity index (χ1n) is 18.5. The lowest BCUT2D eigenvalue weighted by atomic mass is 9.87. The van der Waals surface area contributed by atoms with Crippen LogP contribution in [0, 0.1) is 16.7 Å². The first kappa shape index (κ1) is 45.8. The minimum atomic E-state index is -0.156. The summed E-state index contributed by atoms with van der Waals surface area (Å²) in [5.41, 5.74) is 4.99. The van der Waals surface area contributed by atoms with Gasteiger partial charge in [-0.05, 0) is 97.9 Å². The molecule has 3 aliphatic carbocycles. The van der Waals surface area contributed by atoms with E-state index in [1.165, 1.54) is 16.7 Å². The van der Waals surface area contributed by atoms with E-state index in [0.717, 1.165) is 89.1 Å². The number of esters is 1. The van der Waals surface area contributed by atoms with E-state index < -0.39 is 0 Å². The maximum atomic E-state index is 13.1. The predicted octanol–water partition coefficient (Wildman–Crippen LogP) is 9.55. The van der Waals surface area contributed by atoms with Crippen molar-refractivity contribution in [3.8, 4) is 22.6 Å². The van der Waals surface area contributed by atoms with Crippen molar-refractivity contribution in [1.29, 1.82) is 0 Å². The number of carbonyl (C=O) groups excluding carboxylic acids is 1. The monoisotopic (exact) mass is 758 g/mol. The van der Waals surface area contributed by atoms with E-state index in [2.05, 4.69) is 39.0 Å². The standard InChI is InChI=1S/C40H54O10.4CH4/c1-27-36-16-32(49-26-48-31-10-8-30(9-11-31)47-25-45-23-40(3)20-43-21-40)12-14-34(36)35-15-13-33(17-37(27)35)50-38(41)28-4-6-29(7-5-28)46-24-44-22-39(2)18-42-19-39;;;;/h12-17,27-31H,4-11,18-26H2,1-3H3;4*1H4. The van der Waals surface area contributed by atoms with Gasteiger partial charge in [0.2, 0.25) is 0 Å². The van der Waals surface area contributed by atoms with Gasteiger partial charge in [0.05, 0.1) is 63.9 Å². The van der Waals surface area contributed by atoms with Crippen LogP contribution in [0.25, 0.3) is 11.1 Å². The Morgan fingerprint density at radius 3 is 1.52 bits per heavy atom. The zero-order valence-corrected chi connectivity index (χ0v) is 30.0. The fourth-order valence-electron chi connectivity index (χ4n) is 7.77. The number of carbonyl (C=O) groups is 1. The van der Waals surface area contributed by atoms with Crippen LogP contribution in [-0.2, 0) is 38.0 Å². The summed E-state index contributed by atoms with van der Waals surface area (Å²) in [5.74, 6) is 1.28. The molecule has 4 fully saturated rings. The maximum absolute atomic E-state index is 13.1. The van der Waals surface area contributed by atoms with Gasteiger partial charge in [-0.2, -0.15) is 0 Å². The average Bonchev–Trinajstić information content (AvgIpc) is 3.38. The quantitative estimate of drug-likeness (QED) is 0.0712. The van der Waals surface area contributed by atoms with Crippen molar-refractivity contribution < 1.29 is 47.4 Å². The smallest absolute Gasteiger partial charge is 0.314 e. The lowest BCUT2D eigenvalue weighted by Crippen LogP contribution is -2.43. The first-order valence-corrected chi connectivity index (χ1v) is 18.5. The highest BCUT2D eigenvalue weighted by atomic mass is 16.7. The molecule has 2 aromatic carbocycles. The Morgan fingerprint density at radius 1 is 0.630 bits per heavy atom. The summed E-state index contributed by atoms with van der Waals surface area (Å²) >= 11 is 0. The Hall–Kier alpha value is -2.57. The molecule has 54 heavy (non-hydrogen) atoms. The molecule has 0 spiro atoms. The highest BCUT2D eigenvalue weighted by Gasteiger charge is 2.35. The predicted molar refractivity (Wildman–Crippen MR) is 212 cm³/mol. The van der Waals surface area contributed by atoms with Crippen molar-refractivity contribution in [3.63, 3.8) is 0 Å². The van der Waals surface area contributed by atoms with E-state index in [-0.39, 0.29) is 90.2 Å². The summed E-state index contributed by atoms with van der Waals surface area (Å²) in [4.78, 5) is 13.1. The van der Waals surface area contributed by atoms with E-state index in [9.17, 15) is 4.79 Å². The van der Waals surface area contributed by atoms with Crippen molar-refractivity contribution in [2.24, 2.45) is 16.7 Å².